The van der Waals surface area contributed by atoms with Crippen LogP contribution in [0.1, 0.15) is 25.5 Å². The van der Waals surface area contributed by atoms with Gasteiger partial charge in [-0.1, -0.05) is 12.1 Å². The lowest BCUT2D eigenvalue weighted by Gasteiger charge is -2.31. The summed E-state index contributed by atoms with van der Waals surface area (Å²) in [5.41, 5.74) is 1.25. The molecule has 0 aromatic heterocycles. The second-order valence-electron chi connectivity index (χ2n) is 5.14. The number of benzene rings is 1. The summed E-state index contributed by atoms with van der Waals surface area (Å²) in [6, 6.07) is 8.88. The van der Waals surface area contributed by atoms with Crippen molar-refractivity contribution in [3.05, 3.63) is 29.8 Å². The fourth-order valence-corrected chi connectivity index (χ4v) is 2.43. The molecule has 2 atom stereocenters. The van der Waals surface area contributed by atoms with Gasteiger partial charge in [-0.2, -0.15) is 0 Å². The lowest BCUT2D eigenvalue weighted by Crippen LogP contribution is -2.48. The molecule has 0 saturated carbocycles. The molecule has 1 aliphatic rings. The van der Waals surface area contributed by atoms with Crippen molar-refractivity contribution in [2.75, 3.05) is 26.8 Å². The molecule has 2 rings (SSSR count). The SMILES string of the molecule is CNC(c1ccc(OC(C)C)cc1)C1COCCN1. The van der Waals surface area contributed by atoms with Crippen molar-refractivity contribution < 1.29 is 9.47 Å². The quantitative estimate of drug-likeness (QED) is 0.850. The average molecular weight is 264 g/mol. The van der Waals surface area contributed by atoms with E-state index in [1.807, 2.05) is 33.0 Å². The molecule has 0 aliphatic carbocycles. The third-order valence-electron chi connectivity index (χ3n) is 3.27. The van der Waals surface area contributed by atoms with Gasteiger partial charge in [-0.3, -0.25) is 0 Å². The Bertz CT molecular complexity index is 372. The van der Waals surface area contributed by atoms with Gasteiger partial charge >= 0.3 is 0 Å². The zero-order valence-corrected chi connectivity index (χ0v) is 12.0. The number of rotatable bonds is 5. The van der Waals surface area contributed by atoms with Crippen molar-refractivity contribution in [3.63, 3.8) is 0 Å². The minimum atomic E-state index is 0.208. The van der Waals surface area contributed by atoms with Crippen LogP contribution < -0.4 is 15.4 Å². The van der Waals surface area contributed by atoms with E-state index in [-0.39, 0.29) is 12.1 Å². The zero-order chi connectivity index (χ0) is 13.7. The Morgan fingerprint density at radius 2 is 2.05 bits per heavy atom. The number of morpholine rings is 1. The van der Waals surface area contributed by atoms with E-state index in [1.54, 1.807) is 0 Å². The molecule has 106 valence electrons. The van der Waals surface area contributed by atoms with Gasteiger partial charge in [-0.25, -0.2) is 0 Å². The normalized spacial score (nSPS) is 21.4. The molecule has 2 N–H and O–H groups in total. The Labute approximate surface area is 115 Å². The smallest absolute Gasteiger partial charge is 0.119 e. The molecule has 0 radical (unpaired) electrons. The molecule has 0 bridgehead atoms. The van der Waals surface area contributed by atoms with Crippen LogP contribution >= 0.6 is 0 Å². The van der Waals surface area contributed by atoms with E-state index in [0.29, 0.717) is 6.04 Å². The zero-order valence-electron chi connectivity index (χ0n) is 12.0. The molecule has 1 aromatic rings. The molecule has 1 fully saturated rings. The van der Waals surface area contributed by atoms with E-state index < -0.39 is 0 Å². The largest absolute Gasteiger partial charge is 0.491 e. The minimum absolute atomic E-state index is 0.208. The van der Waals surface area contributed by atoms with Crippen LogP contribution in [0.3, 0.4) is 0 Å². The van der Waals surface area contributed by atoms with Gasteiger partial charge in [0.1, 0.15) is 5.75 Å². The Balaban J connectivity index is 2.05. The van der Waals surface area contributed by atoms with Crippen LogP contribution in [0.5, 0.6) is 5.75 Å². The highest BCUT2D eigenvalue weighted by molar-refractivity contribution is 5.30. The fraction of sp³-hybridized carbons (Fsp3) is 0.600. The molecule has 1 saturated heterocycles. The van der Waals surface area contributed by atoms with Crippen molar-refractivity contribution in [1.82, 2.24) is 10.6 Å². The summed E-state index contributed by atoms with van der Waals surface area (Å²) in [4.78, 5) is 0. The van der Waals surface area contributed by atoms with Gasteiger partial charge in [0.05, 0.1) is 25.4 Å². The summed E-state index contributed by atoms with van der Waals surface area (Å²) in [6.07, 6.45) is 0.208. The number of nitrogens with one attached hydrogen (secondary N) is 2. The third-order valence-corrected chi connectivity index (χ3v) is 3.27. The molecule has 4 heteroatoms. The second kappa shape index (κ2) is 6.89. The van der Waals surface area contributed by atoms with Crippen LogP contribution in [0.25, 0.3) is 0 Å². The molecule has 0 spiro atoms. The highest BCUT2D eigenvalue weighted by Gasteiger charge is 2.23. The summed E-state index contributed by atoms with van der Waals surface area (Å²) in [5.74, 6) is 0.918. The van der Waals surface area contributed by atoms with E-state index in [9.17, 15) is 0 Å². The molecule has 2 unspecified atom stereocenters. The lowest BCUT2D eigenvalue weighted by molar-refractivity contribution is 0.0645. The topological polar surface area (TPSA) is 42.5 Å². The summed E-state index contributed by atoms with van der Waals surface area (Å²) in [7, 11) is 1.99. The van der Waals surface area contributed by atoms with E-state index in [1.165, 1.54) is 5.56 Å². The molecular weight excluding hydrogens is 240 g/mol. The molecule has 1 aromatic carbocycles. The van der Waals surface area contributed by atoms with Gasteiger partial charge in [-0.05, 0) is 38.6 Å². The van der Waals surface area contributed by atoms with E-state index >= 15 is 0 Å². The van der Waals surface area contributed by atoms with Gasteiger partial charge in [0.15, 0.2) is 0 Å². The highest BCUT2D eigenvalue weighted by Crippen LogP contribution is 2.22. The molecule has 4 nitrogen and oxygen atoms in total. The number of hydrogen-bond donors (Lipinski definition) is 2. The number of hydrogen-bond acceptors (Lipinski definition) is 4. The van der Waals surface area contributed by atoms with Crippen LogP contribution in [0.4, 0.5) is 0 Å². The minimum Gasteiger partial charge on any atom is -0.491 e. The van der Waals surface area contributed by atoms with Crippen molar-refractivity contribution in [1.29, 1.82) is 0 Å². The predicted octanol–water partition coefficient (Wildman–Crippen LogP) is 1.72. The van der Waals surface area contributed by atoms with Gasteiger partial charge in [0.25, 0.3) is 0 Å². The monoisotopic (exact) mass is 264 g/mol. The van der Waals surface area contributed by atoms with Crippen LogP contribution in [0, 0.1) is 0 Å². The first-order chi connectivity index (χ1) is 9.20. The van der Waals surface area contributed by atoms with Gasteiger partial charge in [0.2, 0.25) is 0 Å². The first kappa shape index (κ1) is 14.3. The maximum atomic E-state index is 5.67. The van der Waals surface area contributed by atoms with Crippen LogP contribution in [0.2, 0.25) is 0 Å². The molecule has 19 heavy (non-hydrogen) atoms. The molecule has 0 amide bonds. The van der Waals surface area contributed by atoms with E-state index in [2.05, 4.69) is 22.8 Å². The van der Waals surface area contributed by atoms with Crippen LogP contribution in [0.15, 0.2) is 24.3 Å². The van der Waals surface area contributed by atoms with Gasteiger partial charge in [-0.15, -0.1) is 0 Å². The van der Waals surface area contributed by atoms with Crippen LogP contribution in [-0.4, -0.2) is 39.0 Å². The molecular formula is C15H24N2O2. The molecule has 1 aliphatic heterocycles. The first-order valence-corrected chi connectivity index (χ1v) is 6.95. The standard InChI is InChI=1S/C15H24N2O2/c1-11(2)19-13-6-4-12(5-7-13)15(16-3)14-10-18-9-8-17-14/h4-7,11,14-17H,8-10H2,1-3H3. The Hall–Kier alpha value is -1.10. The van der Waals surface area contributed by atoms with Crippen molar-refractivity contribution in [2.24, 2.45) is 0 Å². The van der Waals surface area contributed by atoms with Crippen LogP contribution in [-0.2, 0) is 4.74 Å². The summed E-state index contributed by atoms with van der Waals surface area (Å²) in [5, 5.41) is 6.86. The van der Waals surface area contributed by atoms with Gasteiger partial charge < -0.3 is 20.1 Å². The van der Waals surface area contributed by atoms with E-state index in [4.69, 9.17) is 9.47 Å². The van der Waals surface area contributed by atoms with Crippen molar-refractivity contribution in [2.45, 2.75) is 32.0 Å². The summed E-state index contributed by atoms with van der Waals surface area (Å²) in [6.45, 7) is 6.53. The summed E-state index contributed by atoms with van der Waals surface area (Å²) >= 11 is 0. The average Bonchev–Trinajstić information content (AvgIpc) is 2.42. The first-order valence-electron chi connectivity index (χ1n) is 6.95. The Kier molecular flexibility index (Phi) is 5.19. The molecule has 1 heterocycles. The Morgan fingerprint density at radius 3 is 2.58 bits per heavy atom. The fourth-order valence-electron chi connectivity index (χ4n) is 2.43. The maximum absolute atomic E-state index is 5.67. The predicted molar refractivity (Wildman–Crippen MR) is 76.6 cm³/mol. The van der Waals surface area contributed by atoms with Crippen molar-refractivity contribution >= 4 is 0 Å². The summed E-state index contributed by atoms with van der Waals surface area (Å²) < 4.78 is 11.2. The maximum Gasteiger partial charge on any atom is 0.119 e. The Morgan fingerprint density at radius 1 is 1.32 bits per heavy atom. The number of likely N-dealkylation sites (N-methyl/N-ethyl adjacent to an activating group) is 1. The highest BCUT2D eigenvalue weighted by atomic mass is 16.5. The van der Waals surface area contributed by atoms with Gasteiger partial charge in [0, 0.05) is 12.6 Å². The van der Waals surface area contributed by atoms with Crippen molar-refractivity contribution in [3.8, 4) is 5.75 Å². The number of ether oxygens (including phenoxy) is 2. The second-order valence-corrected chi connectivity index (χ2v) is 5.14. The third kappa shape index (κ3) is 3.93. The lowest BCUT2D eigenvalue weighted by atomic mass is 9.99. The van der Waals surface area contributed by atoms with E-state index in [0.717, 1.165) is 25.5 Å².